The first-order valence-electron chi connectivity index (χ1n) is 14.3. The van der Waals surface area contributed by atoms with Crippen LogP contribution in [0.1, 0.15) is 28.4 Å². The van der Waals surface area contributed by atoms with Crippen LogP contribution in [0.3, 0.4) is 0 Å². The normalized spacial score (nSPS) is 17.0. The maximum atomic E-state index is 13.1. The van der Waals surface area contributed by atoms with E-state index in [9.17, 15) is 18.0 Å². The van der Waals surface area contributed by atoms with Crippen molar-refractivity contribution < 1.29 is 22.7 Å². The maximum Gasteiger partial charge on any atom is 0.409 e. The average molecular weight is 615 g/mol. The molecule has 3 heterocycles. The lowest BCUT2D eigenvalue weighted by Gasteiger charge is -2.34. The smallest absolute Gasteiger partial charge is 0.409 e. The van der Waals surface area contributed by atoms with Crippen LogP contribution in [-0.4, -0.2) is 112 Å². The monoisotopic (exact) mass is 614 g/mol. The van der Waals surface area contributed by atoms with Crippen LogP contribution < -0.4 is 10.2 Å². The number of piperazine rings is 2. The maximum absolute atomic E-state index is 13.1. The molecule has 2 amide bonds. The van der Waals surface area contributed by atoms with Crippen molar-refractivity contribution in [2.24, 2.45) is 0 Å². The minimum Gasteiger partial charge on any atom is -0.450 e. The highest BCUT2D eigenvalue weighted by atomic mass is 32.2. The van der Waals surface area contributed by atoms with Gasteiger partial charge in [0.15, 0.2) is 5.13 Å². The predicted octanol–water partition coefficient (Wildman–Crippen LogP) is 2.93. The Morgan fingerprint density at radius 3 is 2.31 bits per heavy atom. The Hall–Kier alpha value is -3.26. The fourth-order valence-electron chi connectivity index (χ4n) is 5.20. The number of nitrogens with one attached hydrogen (secondary N) is 1. The zero-order chi connectivity index (χ0) is 29.9. The summed E-state index contributed by atoms with van der Waals surface area (Å²) in [4.78, 5) is 35.8. The first-order chi connectivity index (χ1) is 20.2. The van der Waals surface area contributed by atoms with Crippen molar-refractivity contribution in [2.45, 2.75) is 25.7 Å². The zero-order valence-corrected chi connectivity index (χ0v) is 26.0. The van der Waals surface area contributed by atoms with Crippen LogP contribution in [0.25, 0.3) is 10.2 Å². The summed E-state index contributed by atoms with van der Waals surface area (Å²) in [6.07, 6.45) is -0.429. The van der Waals surface area contributed by atoms with E-state index in [1.54, 1.807) is 18.3 Å². The van der Waals surface area contributed by atoms with Gasteiger partial charge in [-0.25, -0.2) is 18.2 Å². The lowest BCUT2D eigenvalue weighted by Crippen LogP contribution is -2.50. The molecule has 0 atom stereocenters. The number of fused-ring (bicyclic) bond motifs is 1. The number of aromatic nitrogens is 1. The summed E-state index contributed by atoms with van der Waals surface area (Å²) in [5.74, 6) is -0.235. The number of sulfonamides is 1. The van der Waals surface area contributed by atoms with Gasteiger partial charge >= 0.3 is 6.09 Å². The Balaban J connectivity index is 1.07. The summed E-state index contributed by atoms with van der Waals surface area (Å²) < 4.78 is 33.7. The van der Waals surface area contributed by atoms with Gasteiger partial charge in [-0.2, -0.15) is 4.31 Å². The minimum atomic E-state index is -3.73. The van der Waals surface area contributed by atoms with E-state index in [0.717, 1.165) is 43.4 Å². The molecule has 0 saturated carbocycles. The van der Waals surface area contributed by atoms with Gasteiger partial charge in [0.1, 0.15) is 0 Å². The first kappa shape index (κ1) is 30.2. The van der Waals surface area contributed by atoms with Crippen LogP contribution in [0.4, 0.5) is 9.93 Å². The third kappa shape index (κ3) is 6.54. The molecular formula is C29H38N6O5S2. The van der Waals surface area contributed by atoms with Crippen LogP contribution in [-0.2, 0) is 14.8 Å². The molecule has 226 valence electrons. The number of thiazole rings is 1. The molecule has 1 N–H and O–H groups in total. The molecule has 2 aliphatic rings. The summed E-state index contributed by atoms with van der Waals surface area (Å²) in [7, 11) is -3.73. The summed E-state index contributed by atoms with van der Waals surface area (Å²) in [5, 5.41) is 4.02. The number of ether oxygens (including phenoxy) is 1. The van der Waals surface area contributed by atoms with E-state index in [-0.39, 0.29) is 43.6 Å². The van der Waals surface area contributed by atoms with E-state index in [1.165, 1.54) is 49.3 Å². The van der Waals surface area contributed by atoms with E-state index in [2.05, 4.69) is 41.1 Å². The van der Waals surface area contributed by atoms with E-state index >= 15 is 0 Å². The van der Waals surface area contributed by atoms with Crippen molar-refractivity contribution in [3.05, 3.63) is 53.1 Å². The van der Waals surface area contributed by atoms with E-state index in [4.69, 9.17) is 9.72 Å². The molecule has 13 heteroatoms. The van der Waals surface area contributed by atoms with Crippen LogP contribution >= 0.6 is 11.3 Å². The molecule has 2 fully saturated rings. The predicted molar refractivity (Wildman–Crippen MR) is 164 cm³/mol. The Kier molecular flexibility index (Phi) is 9.31. The van der Waals surface area contributed by atoms with Crippen LogP contribution in [0.15, 0.2) is 41.3 Å². The topological polar surface area (TPSA) is 115 Å². The fourth-order valence-corrected chi connectivity index (χ4v) is 7.69. The summed E-state index contributed by atoms with van der Waals surface area (Å²) in [6.45, 7) is 12.0. The number of benzene rings is 2. The highest BCUT2D eigenvalue weighted by Gasteiger charge is 2.30. The van der Waals surface area contributed by atoms with Crippen molar-refractivity contribution in [1.29, 1.82) is 0 Å². The average Bonchev–Trinajstić information content (AvgIpc) is 3.45. The first-order valence-corrected chi connectivity index (χ1v) is 16.6. The van der Waals surface area contributed by atoms with Gasteiger partial charge in [0.25, 0.3) is 5.91 Å². The number of hydrogen-bond donors (Lipinski definition) is 1. The molecule has 0 spiro atoms. The van der Waals surface area contributed by atoms with Gasteiger partial charge in [0.2, 0.25) is 10.0 Å². The van der Waals surface area contributed by atoms with Crippen molar-refractivity contribution in [3.63, 3.8) is 0 Å². The highest BCUT2D eigenvalue weighted by molar-refractivity contribution is 7.89. The molecule has 3 aromatic rings. The third-order valence-corrected chi connectivity index (χ3v) is 10.9. The van der Waals surface area contributed by atoms with Gasteiger partial charge in [-0.3, -0.25) is 9.69 Å². The second kappa shape index (κ2) is 12.9. The summed E-state index contributed by atoms with van der Waals surface area (Å²) >= 11 is 1.74. The Morgan fingerprint density at radius 1 is 0.952 bits per heavy atom. The van der Waals surface area contributed by atoms with E-state index < -0.39 is 16.1 Å². The molecule has 1 aromatic heterocycles. The van der Waals surface area contributed by atoms with Crippen molar-refractivity contribution in [2.75, 3.05) is 77.0 Å². The number of carbonyl (C=O) groups excluding carboxylic acids is 2. The van der Waals surface area contributed by atoms with Crippen molar-refractivity contribution >= 4 is 48.7 Å². The van der Waals surface area contributed by atoms with Crippen LogP contribution in [0.5, 0.6) is 0 Å². The highest BCUT2D eigenvalue weighted by Crippen LogP contribution is 2.32. The van der Waals surface area contributed by atoms with Gasteiger partial charge in [-0.1, -0.05) is 17.4 Å². The third-order valence-electron chi connectivity index (χ3n) is 7.95. The standard InChI is InChI=1S/C29H38N6O5S2/c1-4-40-29(37)34-17-19-35(20-18-34)42(38,39)24-8-6-23(7-9-24)27(36)30-11-12-32-13-15-33(16-14-32)28-31-26-22(3)21(2)5-10-25(26)41-28/h5-10H,4,11-20H2,1-3H3,(H,30,36). The van der Waals surface area contributed by atoms with Crippen molar-refractivity contribution in [3.8, 4) is 0 Å². The second-order valence-electron chi connectivity index (χ2n) is 10.5. The number of hydrogen-bond acceptors (Lipinski definition) is 9. The molecule has 2 saturated heterocycles. The summed E-state index contributed by atoms with van der Waals surface area (Å²) in [6, 6.07) is 10.3. The number of anilines is 1. The Bertz CT molecular complexity index is 1530. The van der Waals surface area contributed by atoms with E-state index in [0.29, 0.717) is 12.1 Å². The summed E-state index contributed by atoms with van der Waals surface area (Å²) in [5.41, 5.74) is 4.01. The van der Waals surface area contributed by atoms with Crippen LogP contribution in [0.2, 0.25) is 0 Å². The largest absolute Gasteiger partial charge is 0.450 e. The number of amides is 2. The molecule has 0 radical (unpaired) electrons. The number of carbonyl (C=O) groups is 2. The quantitative estimate of drug-likeness (QED) is 0.412. The Morgan fingerprint density at radius 2 is 1.64 bits per heavy atom. The molecule has 0 unspecified atom stereocenters. The minimum absolute atomic E-state index is 0.125. The van der Waals surface area contributed by atoms with Gasteiger partial charge in [-0.15, -0.1) is 0 Å². The molecule has 2 aromatic carbocycles. The second-order valence-corrected chi connectivity index (χ2v) is 13.5. The van der Waals surface area contributed by atoms with Gasteiger partial charge in [0, 0.05) is 71.0 Å². The molecule has 42 heavy (non-hydrogen) atoms. The van der Waals surface area contributed by atoms with E-state index in [1.807, 2.05) is 0 Å². The molecular weight excluding hydrogens is 576 g/mol. The lowest BCUT2D eigenvalue weighted by atomic mass is 10.1. The molecule has 11 nitrogen and oxygen atoms in total. The van der Waals surface area contributed by atoms with Gasteiger partial charge in [-0.05, 0) is 62.2 Å². The number of rotatable bonds is 8. The SMILES string of the molecule is CCOC(=O)N1CCN(S(=O)(=O)c2ccc(C(=O)NCCN3CCN(c4nc5c(C)c(C)ccc5s4)CC3)cc2)CC1. The van der Waals surface area contributed by atoms with Crippen LogP contribution in [0, 0.1) is 13.8 Å². The Labute approximate surface area is 251 Å². The van der Waals surface area contributed by atoms with Crippen molar-refractivity contribution in [1.82, 2.24) is 24.4 Å². The molecule has 2 aliphatic heterocycles. The van der Waals surface area contributed by atoms with Gasteiger partial charge in [0.05, 0.1) is 21.7 Å². The molecule has 5 rings (SSSR count). The molecule has 0 bridgehead atoms. The number of nitrogens with zero attached hydrogens (tertiary/aromatic N) is 5. The van der Waals surface area contributed by atoms with Gasteiger partial charge < -0.3 is 19.9 Å². The molecule has 0 aliphatic carbocycles. The fraction of sp³-hybridized carbons (Fsp3) is 0.483. The number of aryl methyl sites for hydroxylation is 2. The zero-order valence-electron chi connectivity index (χ0n) is 24.3. The lowest BCUT2D eigenvalue weighted by molar-refractivity contribution is 0.0932.